The van der Waals surface area contributed by atoms with Gasteiger partial charge in [0.15, 0.2) is 0 Å². The molecular formula is C25H20FNO5S. The van der Waals surface area contributed by atoms with E-state index >= 15 is 0 Å². The molecule has 6 nitrogen and oxygen atoms in total. The fourth-order valence-electron chi connectivity index (χ4n) is 3.75. The SMILES string of the molecule is O=C(C[C@H]1Sc2ccccc2NC1=O)OCc1cc(F)cc2c1O[C@H](c1ccccc1)OC2. The smallest absolute Gasteiger partial charge is 0.307 e. The van der Waals surface area contributed by atoms with Crippen LogP contribution in [0, 0.1) is 5.82 Å². The lowest BCUT2D eigenvalue weighted by molar-refractivity contribution is -0.146. The average Bonchev–Trinajstić information content (AvgIpc) is 2.83. The van der Waals surface area contributed by atoms with Crippen LogP contribution in [0.15, 0.2) is 71.6 Å². The third-order valence-corrected chi connectivity index (χ3v) is 6.62. The molecule has 0 radical (unpaired) electrons. The number of anilines is 1. The topological polar surface area (TPSA) is 73.9 Å². The zero-order chi connectivity index (χ0) is 22.8. The van der Waals surface area contributed by atoms with Crippen molar-refractivity contribution in [1.82, 2.24) is 0 Å². The zero-order valence-corrected chi connectivity index (χ0v) is 18.3. The van der Waals surface area contributed by atoms with Crippen LogP contribution in [0.2, 0.25) is 0 Å². The van der Waals surface area contributed by atoms with Crippen molar-refractivity contribution in [2.45, 2.75) is 36.1 Å². The predicted octanol–water partition coefficient (Wildman–Crippen LogP) is 4.98. The molecule has 2 aliphatic rings. The molecule has 0 aromatic heterocycles. The third kappa shape index (κ3) is 4.72. The predicted molar refractivity (Wildman–Crippen MR) is 120 cm³/mol. The lowest BCUT2D eigenvalue weighted by Crippen LogP contribution is -2.31. The van der Waals surface area contributed by atoms with Crippen molar-refractivity contribution >= 4 is 29.3 Å². The van der Waals surface area contributed by atoms with E-state index in [2.05, 4.69) is 5.32 Å². The number of amides is 1. The Bertz CT molecular complexity index is 1200. The molecule has 1 amide bonds. The number of fused-ring (bicyclic) bond motifs is 2. The van der Waals surface area contributed by atoms with Crippen LogP contribution in [-0.4, -0.2) is 17.1 Å². The van der Waals surface area contributed by atoms with Gasteiger partial charge in [0, 0.05) is 21.6 Å². The number of nitrogens with one attached hydrogen (secondary N) is 1. The summed E-state index contributed by atoms with van der Waals surface area (Å²) in [5.41, 5.74) is 2.52. The van der Waals surface area contributed by atoms with E-state index < -0.39 is 23.3 Å². The monoisotopic (exact) mass is 465 g/mol. The second-order valence-corrected chi connectivity index (χ2v) is 8.93. The Kier molecular flexibility index (Phi) is 6.02. The van der Waals surface area contributed by atoms with Gasteiger partial charge in [0.2, 0.25) is 12.2 Å². The van der Waals surface area contributed by atoms with E-state index in [1.807, 2.05) is 54.6 Å². The van der Waals surface area contributed by atoms with E-state index in [-0.39, 0.29) is 25.5 Å². The van der Waals surface area contributed by atoms with E-state index in [9.17, 15) is 14.0 Å². The Labute approximate surface area is 194 Å². The van der Waals surface area contributed by atoms with Crippen LogP contribution in [0.3, 0.4) is 0 Å². The minimum atomic E-state index is -0.638. The first-order chi connectivity index (χ1) is 16.1. The summed E-state index contributed by atoms with van der Waals surface area (Å²) in [6, 6.07) is 19.5. The standard InChI is InChI=1S/C25H20FNO5S/c26-18-10-16(23-17(11-18)14-31-25(32-23)15-6-2-1-3-7-15)13-30-22(28)12-21-24(29)27-19-8-4-5-9-20(19)33-21/h1-11,21,25H,12-14H2,(H,27,29)/t21-,25-/m1/s1. The molecule has 0 spiro atoms. The van der Waals surface area contributed by atoms with Crippen molar-refractivity contribution < 1.29 is 28.2 Å². The summed E-state index contributed by atoms with van der Waals surface area (Å²) in [5.74, 6) is -0.816. The highest BCUT2D eigenvalue weighted by Crippen LogP contribution is 2.38. The van der Waals surface area contributed by atoms with Gasteiger partial charge < -0.3 is 19.5 Å². The zero-order valence-electron chi connectivity index (χ0n) is 17.5. The fraction of sp³-hybridized carbons (Fsp3) is 0.200. The number of carbonyl (C=O) groups is 2. The Hall–Kier alpha value is -3.36. The van der Waals surface area contributed by atoms with Crippen LogP contribution in [-0.2, 0) is 32.3 Å². The molecule has 2 atom stereocenters. The van der Waals surface area contributed by atoms with E-state index in [0.29, 0.717) is 16.9 Å². The first-order valence-corrected chi connectivity index (χ1v) is 11.3. The van der Waals surface area contributed by atoms with Crippen LogP contribution in [0.4, 0.5) is 10.1 Å². The summed E-state index contributed by atoms with van der Waals surface area (Å²) >= 11 is 1.32. The molecule has 1 N–H and O–H groups in total. The molecule has 3 aromatic carbocycles. The number of esters is 1. The highest BCUT2D eigenvalue weighted by molar-refractivity contribution is 8.01. The van der Waals surface area contributed by atoms with Gasteiger partial charge in [-0.05, 0) is 24.3 Å². The van der Waals surface area contributed by atoms with E-state index in [1.165, 1.54) is 23.9 Å². The molecule has 168 valence electrons. The molecule has 3 aromatic rings. The van der Waals surface area contributed by atoms with Crippen LogP contribution in [0.1, 0.15) is 29.4 Å². The largest absolute Gasteiger partial charge is 0.461 e. The maximum atomic E-state index is 14.2. The van der Waals surface area contributed by atoms with Crippen LogP contribution >= 0.6 is 11.8 Å². The van der Waals surface area contributed by atoms with E-state index in [1.54, 1.807) is 0 Å². The minimum absolute atomic E-state index is 0.0983. The van der Waals surface area contributed by atoms with Gasteiger partial charge in [0.1, 0.15) is 18.2 Å². The lowest BCUT2D eigenvalue weighted by atomic mass is 10.1. The number of ether oxygens (including phenoxy) is 3. The summed E-state index contributed by atoms with van der Waals surface area (Å²) in [5, 5.41) is 2.21. The number of para-hydroxylation sites is 1. The molecule has 8 heteroatoms. The van der Waals surface area contributed by atoms with Crippen LogP contribution in [0.5, 0.6) is 5.75 Å². The number of hydrogen-bond donors (Lipinski definition) is 1. The molecule has 0 fully saturated rings. The van der Waals surface area contributed by atoms with Gasteiger partial charge >= 0.3 is 5.97 Å². The number of carbonyl (C=O) groups excluding carboxylic acids is 2. The highest BCUT2D eigenvalue weighted by atomic mass is 32.2. The number of rotatable bonds is 5. The van der Waals surface area contributed by atoms with Crippen molar-refractivity contribution in [3.05, 3.63) is 89.2 Å². The van der Waals surface area contributed by atoms with E-state index in [0.717, 1.165) is 16.1 Å². The Morgan fingerprint density at radius 3 is 2.76 bits per heavy atom. The van der Waals surface area contributed by atoms with Crippen molar-refractivity contribution in [3.8, 4) is 5.75 Å². The van der Waals surface area contributed by atoms with Crippen molar-refractivity contribution in [3.63, 3.8) is 0 Å². The highest BCUT2D eigenvalue weighted by Gasteiger charge is 2.30. The first-order valence-electron chi connectivity index (χ1n) is 10.4. The summed E-state index contributed by atoms with van der Waals surface area (Å²) in [6.07, 6.45) is -0.736. The molecule has 0 unspecified atom stereocenters. The number of hydrogen-bond acceptors (Lipinski definition) is 6. The fourth-order valence-corrected chi connectivity index (χ4v) is 4.85. The molecule has 0 aliphatic carbocycles. The maximum absolute atomic E-state index is 14.2. The quantitative estimate of drug-likeness (QED) is 0.536. The number of thioether (sulfide) groups is 1. The third-order valence-electron chi connectivity index (χ3n) is 5.34. The second kappa shape index (κ2) is 9.25. The second-order valence-electron chi connectivity index (χ2n) is 7.68. The van der Waals surface area contributed by atoms with Gasteiger partial charge in [-0.2, -0.15) is 0 Å². The van der Waals surface area contributed by atoms with Gasteiger partial charge in [-0.25, -0.2) is 4.39 Å². The lowest BCUT2D eigenvalue weighted by Gasteiger charge is -2.28. The van der Waals surface area contributed by atoms with Gasteiger partial charge in [0.25, 0.3) is 0 Å². The van der Waals surface area contributed by atoms with E-state index in [4.69, 9.17) is 14.2 Å². The summed E-state index contributed by atoms with van der Waals surface area (Å²) in [4.78, 5) is 25.8. The van der Waals surface area contributed by atoms with Crippen molar-refractivity contribution in [1.29, 1.82) is 0 Å². The van der Waals surface area contributed by atoms with Gasteiger partial charge in [-0.3, -0.25) is 9.59 Å². The average molecular weight is 466 g/mol. The number of benzene rings is 3. The van der Waals surface area contributed by atoms with Gasteiger partial charge in [0.05, 0.1) is 24.0 Å². The summed E-state index contributed by atoms with van der Waals surface area (Å²) < 4.78 is 31.3. The first kappa shape index (κ1) is 21.5. The molecule has 0 bridgehead atoms. The minimum Gasteiger partial charge on any atom is -0.461 e. The van der Waals surface area contributed by atoms with Crippen LogP contribution < -0.4 is 10.1 Å². The molecule has 2 heterocycles. The van der Waals surface area contributed by atoms with Gasteiger partial charge in [-0.1, -0.05) is 42.5 Å². The summed E-state index contributed by atoms with van der Waals surface area (Å²) in [6.45, 7) is 0.00191. The molecule has 0 saturated carbocycles. The summed E-state index contributed by atoms with van der Waals surface area (Å²) in [7, 11) is 0. The molecule has 33 heavy (non-hydrogen) atoms. The van der Waals surface area contributed by atoms with Crippen molar-refractivity contribution in [2.24, 2.45) is 0 Å². The molecule has 2 aliphatic heterocycles. The molecule has 0 saturated heterocycles. The maximum Gasteiger partial charge on any atom is 0.307 e. The Morgan fingerprint density at radius 1 is 1.12 bits per heavy atom. The van der Waals surface area contributed by atoms with Gasteiger partial charge in [-0.15, -0.1) is 11.8 Å². The molecule has 5 rings (SSSR count). The molecular weight excluding hydrogens is 445 g/mol. The van der Waals surface area contributed by atoms with Crippen LogP contribution in [0.25, 0.3) is 0 Å². The Morgan fingerprint density at radius 2 is 1.91 bits per heavy atom. The number of halogens is 1. The Balaban J connectivity index is 1.26. The normalized spacial score (nSPS) is 19.0. The van der Waals surface area contributed by atoms with Crippen molar-refractivity contribution in [2.75, 3.05) is 5.32 Å².